The normalized spacial score (nSPS) is 17.5. The van der Waals surface area contributed by atoms with Gasteiger partial charge >= 0.3 is 5.82 Å². The molecule has 2 atom stereocenters. The molecule has 1 aromatic carbocycles. The molecule has 0 saturated carbocycles. The van der Waals surface area contributed by atoms with Gasteiger partial charge in [-0.2, -0.15) is 4.85 Å². The number of aromatic amines is 1. The van der Waals surface area contributed by atoms with Crippen molar-refractivity contribution in [3.63, 3.8) is 0 Å². The molecule has 0 radical (unpaired) electrons. The maximum Gasteiger partial charge on any atom is 0.390 e. The molecule has 150 valence electrons. The Morgan fingerprint density at radius 1 is 1.48 bits per heavy atom. The molecule has 1 aromatic heterocycles. The van der Waals surface area contributed by atoms with Gasteiger partial charge in [0.25, 0.3) is 0 Å². The van der Waals surface area contributed by atoms with Crippen molar-refractivity contribution in [2.45, 2.75) is 26.1 Å². The Kier molecular flexibility index (Phi) is 6.25. The van der Waals surface area contributed by atoms with Crippen molar-refractivity contribution in [2.24, 2.45) is 4.99 Å². The molecular formula is C21H22ClFN5O+. The van der Waals surface area contributed by atoms with Gasteiger partial charge in [-0.1, -0.05) is 23.7 Å². The molecule has 2 unspecified atom stereocenters. The number of allylic oxidation sites excluding steroid dienone is 2. The van der Waals surface area contributed by atoms with Crippen molar-refractivity contribution in [1.29, 1.82) is 0 Å². The predicted octanol–water partition coefficient (Wildman–Crippen LogP) is 5.38. The van der Waals surface area contributed by atoms with E-state index in [1.807, 2.05) is 31.2 Å². The minimum absolute atomic E-state index is 0.171. The SMILES string of the molecule is C#[N+]c1[nH]cc(C2N=CC(F)=C(NC(C)c3cccc(OC)c3)N2)c1/C=C(\C)Cl. The highest BCUT2D eigenvalue weighted by atomic mass is 35.5. The molecular weight excluding hydrogens is 393 g/mol. The van der Waals surface area contributed by atoms with E-state index in [0.717, 1.165) is 16.9 Å². The second-order valence-corrected chi connectivity index (χ2v) is 7.15. The van der Waals surface area contributed by atoms with Crippen LogP contribution in [-0.4, -0.2) is 18.3 Å². The number of aromatic nitrogens is 1. The van der Waals surface area contributed by atoms with Crippen molar-refractivity contribution in [3.8, 4) is 12.3 Å². The van der Waals surface area contributed by atoms with E-state index in [-0.39, 0.29) is 11.9 Å². The van der Waals surface area contributed by atoms with Gasteiger partial charge in [0, 0.05) is 5.03 Å². The maximum atomic E-state index is 14.4. The van der Waals surface area contributed by atoms with E-state index in [1.54, 1.807) is 26.3 Å². The van der Waals surface area contributed by atoms with Gasteiger partial charge in [-0.15, -0.1) is 0 Å². The van der Waals surface area contributed by atoms with Crippen molar-refractivity contribution in [3.05, 3.63) is 68.7 Å². The lowest BCUT2D eigenvalue weighted by Gasteiger charge is -2.25. The molecule has 6 nitrogen and oxygen atoms in total. The van der Waals surface area contributed by atoms with E-state index in [0.29, 0.717) is 16.4 Å². The van der Waals surface area contributed by atoms with Crippen molar-refractivity contribution >= 4 is 29.7 Å². The summed E-state index contributed by atoms with van der Waals surface area (Å²) in [5, 5.41) is 6.81. The van der Waals surface area contributed by atoms with Crippen LogP contribution in [0.15, 0.2) is 52.1 Å². The van der Waals surface area contributed by atoms with Crippen LogP contribution in [0, 0.1) is 6.57 Å². The highest BCUT2D eigenvalue weighted by Crippen LogP contribution is 2.32. The third-order valence-electron chi connectivity index (χ3n) is 4.51. The molecule has 1 aliphatic rings. The van der Waals surface area contributed by atoms with Crippen LogP contribution in [0.3, 0.4) is 0 Å². The highest BCUT2D eigenvalue weighted by molar-refractivity contribution is 6.31. The zero-order valence-corrected chi connectivity index (χ0v) is 17.1. The van der Waals surface area contributed by atoms with Crippen LogP contribution < -0.4 is 15.4 Å². The number of nitrogens with zero attached hydrogens (tertiary/aromatic N) is 2. The number of hydrogen-bond donors (Lipinski definition) is 3. The van der Waals surface area contributed by atoms with Crippen LogP contribution in [0.4, 0.5) is 10.2 Å². The van der Waals surface area contributed by atoms with E-state index < -0.39 is 12.0 Å². The average molecular weight is 415 g/mol. The van der Waals surface area contributed by atoms with Crippen LogP contribution in [0.25, 0.3) is 10.9 Å². The molecule has 0 fully saturated rings. The number of H-pyrrole nitrogens is 1. The fourth-order valence-electron chi connectivity index (χ4n) is 3.05. The van der Waals surface area contributed by atoms with Gasteiger partial charge in [-0.25, -0.2) is 9.37 Å². The summed E-state index contributed by atoms with van der Waals surface area (Å²) in [5.41, 5.74) is 2.39. The molecule has 2 heterocycles. The first-order chi connectivity index (χ1) is 13.9. The standard InChI is InChI=1S/C21H22ClFN5O/c1-12(22)8-16-17(10-25-19(16)24-3)20-26-11-18(23)21(28-20)27-13(2)14-6-5-7-15(9-14)29-4/h3,5-11,13,20,25,27-28H,1-2,4H3/q+1/b12-8+. The summed E-state index contributed by atoms with van der Waals surface area (Å²) in [6, 6.07) is 7.42. The molecule has 1 aliphatic heterocycles. The van der Waals surface area contributed by atoms with Gasteiger partial charge in [-0.05, 0) is 37.6 Å². The van der Waals surface area contributed by atoms with Gasteiger partial charge in [-0.3, -0.25) is 4.99 Å². The summed E-state index contributed by atoms with van der Waals surface area (Å²) in [7, 11) is 1.61. The van der Waals surface area contributed by atoms with E-state index in [2.05, 4.69) is 25.5 Å². The molecule has 8 heteroatoms. The second-order valence-electron chi connectivity index (χ2n) is 6.56. The highest BCUT2D eigenvalue weighted by Gasteiger charge is 2.27. The van der Waals surface area contributed by atoms with Gasteiger partial charge in [0.2, 0.25) is 0 Å². The fraction of sp³-hybridized carbons (Fsp3) is 0.238. The summed E-state index contributed by atoms with van der Waals surface area (Å²) >= 11 is 6.04. The molecule has 29 heavy (non-hydrogen) atoms. The monoisotopic (exact) mass is 414 g/mol. The summed E-state index contributed by atoms with van der Waals surface area (Å²) < 4.78 is 19.7. The first-order valence-corrected chi connectivity index (χ1v) is 9.36. The molecule has 0 saturated heterocycles. The molecule has 3 N–H and O–H groups in total. The predicted molar refractivity (Wildman–Crippen MR) is 115 cm³/mol. The Labute approximate surface area is 174 Å². The minimum atomic E-state index is -0.538. The number of rotatable bonds is 6. The van der Waals surface area contributed by atoms with Crippen LogP contribution >= 0.6 is 11.6 Å². The van der Waals surface area contributed by atoms with Crippen LogP contribution in [0.5, 0.6) is 5.75 Å². The number of hydrogen-bond acceptors (Lipinski definition) is 4. The lowest BCUT2D eigenvalue weighted by atomic mass is 10.1. The Balaban J connectivity index is 1.83. The number of aliphatic imine (C=N–C) groups is 1. The van der Waals surface area contributed by atoms with E-state index in [4.69, 9.17) is 22.9 Å². The molecule has 0 spiro atoms. The van der Waals surface area contributed by atoms with Crippen molar-refractivity contribution in [2.75, 3.05) is 7.11 Å². The number of nitrogens with one attached hydrogen (secondary N) is 3. The van der Waals surface area contributed by atoms with Gasteiger partial charge in [0.1, 0.15) is 24.3 Å². The average Bonchev–Trinajstić information content (AvgIpc) is 3.11. The topological polar surface area (TPSA) is 65.8 Å². The molecule has 0 amide bonds. The zero-order chi connectivity index (χ0) is 21.0. The van der Waals surface area contributed by atoms with Gasteiger partial charge in [0.15, 0.2) is 5.83 Å². The smallest absolute Gasteiger partial charge is 0.390 e. The summed E-state index contributed by atoms with van der Waals surface area (Å²) in [4.78, 5) is 11.0. The van der Waals surface area contributed by atoms with Crippen LogP contribution in [0.2, 0.25) is 0 Å². The van der Waals surface area contributed by atoms with Crippen molar-refractivity contribution in [1.82, 2.24) is 15.6 Å². The van der Waals surface area contributed by atoms with E-state index in [1.165, 1.54) is 6.21 Å². The van der Waals surface area contributed by atoms with Crippen LogP contribution in [0.1, 0.15) is 42.7 Å². The van der Waals surface area contributed by atoms with E-state index >= 15 is 0 Å². The second kappa shape index (κ2) is 8.84. The van der Waals surface area contributed by atoms with E-state index in [9.17, 15) is 4.39 Å². The summed E-state index contributed by atoms with van der Waals surface area (Å²) in [6.45, 7) is 9.13. The quantitative estimate of drug-likeness (QED) is 0.594. The summed E-state index contributed by atoms with van der Waals surface area (Å²) in [5.74, 6) is 0.956. The number of ether oxygens (including phenoxy) is 1. The minimum Gasteiger partial charge on any atom is -0.497 e. The Hall–Kier alpha value is -3.24. The first kappa shape index (κ1) is 20.5. The van der Waals surface area contributed by atoms with Crippen molar-refractivity contribution < 1.29 is 9.13 Å². The van der Waals surface area contributed by atoms with Gasteiger partial charge < -0.3 is 15.4 Å². The molecule has 0 aliphatic carbocycles. The van der Waals surface area contributed by atoms with Crippen LogP contribution in [-0.2, 0) is 0 Å². The Morgan fingerprint density at radius 3 is 2.97 bits per heavy atom. The zero-order valence-electron chi connectivity index (χ0n) is 16.3. The third kappa shape index (κ3) is 4.61. The van der Waals surface area contributed by atoms with Gasteiger partial charge in [0.05, 0.1) is 36.7 Å². The molecule has 2 aromatic rings. The number of benzene rings is 1. The first-order valence-electron chi connectivity index (χ1n) is 8.99. The third-order valence-corrected chi connectivity index (χ3v) is 4.62. The Morgan fingerprint density at radius 2 is 2.28 bits per heavy atom. The lowest BCUT2D eigenvalue weighted by Crippen LogP contribution is -2.34. The molecule has 0 bridgehead atoms. The lowest BCUT2D eigenvalue weighted by molar-refractivity contribution is 0.413. The summed E-state index contributed by atoms with van der Waals surface area (Å²) in [6.07, 6.45) is 4.11. The number of halogens is 2. The largest absolute Gasteiger partial charge is 0.497 e. The Bertz CT molecular complexity index is 1030. The molecule has 3 rings (SSSR count). The number of methoxy groups -OCH3 is 1. The fourth-order valence-corrected chi connectivity index (χ4v) is 3.16. The maximum absolute atomic E-state index is 14.4.